The van der Waals surface area contributed by atoms with Crippen molar-refractivity contribution in [3.8, 4) is 11.3 Å². The summed E-state index contributed by atoms with van der Waals surface area (Å²) in [5, 5.41) is 16.1. The summed E-state index contributed by atoms with van der Waals surface area (Å²) in [5.74, 6) is 0. The summed E-state index contributed by atoms with van der Waals surface area (Å²) in [6.45, 7) is 6.31. The van der Waals surface area contributed by atoms with Crippen molar-refractivity contribution in [3.05, 3.63) is 65.2 Å². The van der Waals surface area contributed by atoms with E-state index in [2.05, 4.69) is 84.7 Å². The number of aryl methyl sites for hydroxylation is 3. The highest BCUT2D eigenvalue weighted by Gasteiger charge is 2.12. The second kappa shape index (κ2) is 5.13. The molecule has 0 N–H and O–H groups in total. The molecule has 112 valence electrons. The van der Waals surface area contributed by atoms with Crippen molar-refractivity contribution in [1.82, 2.24) is 15.4 Å². The molecule has 0 saturated carbocycles. The molecule has 0 fully saturated rings. The summed E-state index contributed by atoms with van der Waals surface area (Å²) in [4.78, 5) is 0. The maximum Gasteiger partial charge on any atom is 0.104 e. The van der Waals surface area contributed by atoms with E-state index in [4.69, 9.17) is 0 Å². The number of aromatic nitrogens is 3. The number of rotatable bonds is 1. The lowest BCUT2D eigenvalue weighted by molar-refractivity contribution is 0.899. The third kappa shape index (κ3) is 2.25. The molecule has 1 aromatic heterocycles. The van der Waals surface area contributed by atoms with E-state index in [9.17, 15) is 0 Å². The molecule has 0 spiro atoms. The minimum atomic E-state index is 0.899. The topological polar surface area (TPSA) is 38.7 Å². The molecule has 1 heterocycles. The molecular weight excluding hydrogens is 282 g/mol. The molecule has 23 heavy (non-hydrogen) atoms. The number of hydrogen-bond acceptors (Lipinski definition) is 3. The maximum absolute atomic E-state index is 4.35. The van der Waals surface area contributed by atoms with Crippen molar-refractivity contribution in [2.75, 3.05) is 0 Å². The minimum Gasteiger partial charge on any atom is -0.130 e. The molecule has 0 saturated heterocycles. The highest BCUT2D eigenvalue weighted by atomic mass is 15.3. The second-order valence-electron chi connectivity index (χ2n) is 6.13. The Morgan fingerprint density at radius 2 is 1.48 bits per heavy atom. The number of nitrogens with zero attached hydrogens (tertiary/aromatic N) is 3. The van der Waals surface area contributed by atoms with Gasteiger partial charge in [0.2, 0.25) is 0 Å². The van der Waals surface area contributed by atoms with Crippen LogP contribution in [0.3, 0.4) is 0 Å². The van der Waals surface area contributed by atoms with Gasteiger partial charge in [-0.3, -0.25) is 0 Å². The second-order valence-corrected chi connectivity index (χ2v) is 6.13. The van der Waals surface area contributed by atoms with E-state index in [-0.39, 0.29) is 0 Å². The van der Waals surface area contributed by atoms with Crippen LogP contribution in [-0.4, -0.2) is 15.4 Å². The molecule has 0 aliphatic carbocycles. The first-order valence-electron chi connectivity index (χ1n) is 7.73. The molecule has 0 aliphatic heterocycles. The molecular formula is C20H17N3. The normalized spacial score (nSPS) is 11.3. The molecule has 0 amide bonds. The van der Waals surface area contributed by atoms with Crippen LogP contribution in [0.1, 0.15) is 16.7 Å². The third-order valence-electron chi connectivity index (χ3n) is 4.31. The van der Waals surface area contributed by atoms with Crippen LogP contribution in [-0.2, 0) is 0 Å². The lowest BCUT2D eigenvalue weighted by atomic mass is 9.97. The summed E-state index contributed by atoms with van der Waals surface area (Å²) in [6, 6.07) is 17.0. The van der Waals surface area contributed by atoms with Gasteiger partial charge < -0.3 is 0 Å². The number of fused-ring (bicyclic) bond motifs is 2. The Balaban J connectivity index is 2.12. The minimum absolute atomic E-state index is 0.899. The van der Waals surface area contributed by atoms with E-state index in [1.165, 1.54) is 21.9 Å². The van der Waals surface area contributed by atoms with Crippen LogP contribution in [0.25, 0.3) is 32.9 Å². The van der Waals surface area contributed by atoms with E-state index in [1.54, 1.807) is 0 Å². The van der Waals surface area contributed by atoms with E-state index in [1.807, 2.05) is 0 Å². The first-order chi connectivity index (χ1) is 11.1. The standard InChI is InChI=1S/C20H17N3/c1-12-8-13(2)10-16(9-12)20-18-11-15-6-4-5-7-17(15)14(3)19(18)21-23-22-20/h4-11H,1-3H3. The Morgan fingerprint density at radius 3 is 2.26 bits per heavy atom. The van der Waals surface area contributed by atoms with Gasteiger partial charge in [0.1, 0.15) is 11.2 Å². The van der Waals surface area contributed by atoms with Crippen molar-refractivity contribution < 1.29 is 0 Å². The summed E-state index contributed by atoms with van der Waals surface area (Å²) < 4.78 is 0. The van der Waals surface area contributed by atoms with Gasteiger partial charge in [0.05, 0.1) is 0 Å². The Labute approximate surface area is 135 Å². The van der Waals surface area contributed by atoms with Crippen LogP contribution in [0.15, 0.2) is 48.5 Å². The van der Waals surface area contributed by atoms with E-state index >= 15 is 0 Å². The predicted octanol–water partition coefficient (Wildman–Crippen LogP) is 4.77. The maximum atomic E-state index is 4.35. The van der Waals surface area contributed by atoms with Gasteiger partial charge in [0, 0.05) is 10.9 Å². The lowest BCUT2D eigenvalue weighted by Gasteiger charge is -2.10. The van der Waals surface area contributed by atoms with Gasteiger partial charge in [-0.25, -0.2) is 0 Å². The molecule has 0 aliphatic rings. The Hall–Kier alpha value is -2.81. The highest BCUT2D eigenvalue weighted by molar-refractivity contribution is 6.04. The van der Waals surface area contributed by atoms with Crippen molar-refractivity contribution >= 4 is 21.7 Å². The largest absolute Gasteiger partial charge is 0.130 e. The number of benzene rings is 3. The monoisotopic (exact) mass is 299 g/mol. The van der Waals surface area contributed by atoms with Crippen LogP contribution in [0, 0.1) is 20.8 Å². The number of hydrogen-bond donors (Lipinski definition) is 0. The van der Waals surface area contributed by atoms with Gasteiger partial charge in [0.15, 0.2) is 0 Å². The molecule has 0 radical (unpaired) electrons. The predicted molar refractivity (Wildman–Crippen MR) is 94.5 cm³/mol. The van der Waals surface area contributed by atoms with Crippen LogP contribution >= 0.6 is 0 Å². The SMILES string of the molecule is Cc1cc(C)cc(-c2nnnc3c(C)c4ccccc4cc23)c1. The highest BCUT2D eigenvalue weighted by Crippen LogP contribution is 2.32. The van der Waals surface area contributed by atoms with Crippen molar-refractivity contribution in [1.29, 1.82) is 0 Å². The first kappa shape index (κ1) is 13.8. The fourth-order valence-corrected chi connectivity index (χ4v) is 3.32. The molecule has 3 nitrogen and oxygen atoms in total. The zero-order valence-corrected chi connectivity index (χ0v) is 13.5. The van der Waals surface area contributed by atoms with Crippen molar-refractivity contribution in [2.24, 2.45) is 0 Å². The fourth-order valence-electron chi connectivity index (χ4n) is 3.32. The summed E-state index contributed by atoms with van der Waals surface area (Å²) in [7, 11) is 0. The van der Waals surface area contributed by atoms with Crippen LogP contribution in [0.4, 0.5) is 0 Å². The molecule has 4 aromatic rings. The average Bonchev–Trinajstić information content (AvgIpc) is 2.54. The van der Waals surface area contributed by atoms with Crippen LogP contribution < -0.4 is 0 Å². The van der Waals surface area contributed by atoms with E-state index in [0.29, 0.717) is 0 Å². The van der Waals surface area contributed by atoms with E-state index in [0.717, 1.165) is 27.7 Å². The van der Waals surface area contributed by atoms with Crippen molar-refractivity contribution in [2.45, 2.75) is 20.8 Å². The summed E-state index contributed by atoms with van der Waals surface area (Å²) >= 11 is 0. The Bertz CT molecular complexity index is 1030. The third-order valence-corrected chi connectivity index (χ3v) is 4.31. The van der Waals surface area contributed by atoms with Crippen molar-refractivity contribution in [3.63, 3.8) is 0 Å². The fraction of sp³-hybridized carbons (Fsp3) is 0.150. The van der Waals surface area contributed by atoms with Gasteiger partial charge in [-0.1, -0.05) is 41.5 Å². The Kier molecular flexibility index (Phi) is 3.08. The Morgan fingerprint density at radius 1 is 0.739 bits per heavy atom. The molecule has 3 heteroatoms. The van der Waals surface area contributed by atoms with Crippen LogP contribution in [0.2, 0.25) is 0 Å². The lowest BCUT2D eigenvalue weighted by Crippen LogP contribution is -1.97. The quantitative estimate of drug-likeness (QED) is 0.475. The molecule has 3 aromatic carbocycles. The first-order valence-corrected chi connectivity index (χ1v) is 7.73. The molecule has 0 atom stereocenters. The van der Waals surface area contributed by atoms with Crippen LogP contribution in [0.5, 0.6) is 0 Å². The molecule has 0 bridgehead atoms. The van der Waals surface area contributed by atoms with Gasteiger partial charge in [-0.05, 0) is 60.5 Å². The molecule has 0 unspecified atom stereocenters. The summed E-state index contributed by atoms with van der Waals surface area (Å²) in [5.41, 5.74) is 6.52. The zero-order chi connectivity index (χ0) is 16.0. The smallest absolute Gasteiger partial charge is 0.104 e. The zero-order valence-electron chi connectivity index (χ0n) is 13.5. The van der Waals surface area contributed by atoms with Gasteiger partial charge in [-0.2, -0.15) is 0 Å². The van der Waals surface area contributed by atoms with Gasteiger partial charge in [0.25, 0.3) is 0 Å². The summed E-state index contributed by atoms with van der Waals surface area (Å²) in [6.07, 6.45) is 0. The van der Waals surface area contributed by atoms with Gasteiger partial charge >= 0.3 is 0 Å². The average molecular weight is 299 g/mol. The van der Waals surface area contributed by atoms with E-state index < -0.39 is 0 Å². The van der Waals surface area contributed by atoms with Gasteiger partial charge in [-0.15, -0.1) is 10.2 Å². The molecule has 4 rings (SSSR count).